The van der Waals surface area contributed by atoms with Gasteiger partial charge in [0.2, 0.25) is 0 Å². The standard InChI is InChI=1S/C13H20N2O2/c1-10-6-5-7-15-11(10)8-14-9-12(16)17-13(2,3)4/h5-7,14H,8-9H2,1-4H3. The summed E-state index contributed by atoms with van der Waals surface area (Å²) >= 11 is 0. The molecule has 1 aromatic rings. The fourth-order valence-corrected chi connectivity index (χ4v) is 1.36. The number of hydrogen-bond acceptors (Lipinski definition) is 4. The molecule has 1 rings (SSSR count). The molecule has 0 saturated carbocycles. The number of aromatic nitrogens is 1. The van der Waals surface area contributed by atoms with Crippen LogP contribution < -0.4 is 5.32 Å². The van der Waals surface area contributed by atoms with Crippen LogP contribution in [0, 0.1) is 6.92 Å². The van der Waals surface area contributed by atoms with Gasteiger partial charge in [0.1, 0.15) is 5.60 Å². The number of pyridine rings is 1. The molecule has 1 heterocycles. The van der Waals surface area contributed by atoms with Crippen molar-refractivity contribution in [3.63, 3.8) is 0 Å². The second-order valence-electron chi connectivity index (χ2n) is 4.96. The molecule has 4 nitrogen and oxygen atoms in total. The SMILES string of the molecule is Cc1cccnc1CNCC(=O)OC(C)(C)C. The monoisotopic (exact) mass is 236 g/mol. The minimum absolute atomic E-state index is 0.202. The number of carbonyl (C=O) groups excluding carboxylic acids is 1. The largest absolute Gasteiger partial charge is 0.459 e. The van der Waals surface area contributed by atoms with Crippen LogP contribution in [0.1, 0.15) is 32.0 Å². The number of nitrogens with zero attached hydrogens (tertiary/aromatic N) is 1. The summed E-state index contributed by atoms with van der Waals surface area (Å²) in [7, 11) is 0. The quantitative estimate of drug-likeness (QED) is 0.810. The minimum Gasteiger partial charge on any atom is -0.459 e. The topological polar surface area (TPSA) is 51.2 Å². The van der Waals surface area contributed by atoms with Gasteiger partial charge >= 0.3 is 5.97 Å². The molecule has 0 fully saturated rings. The van der Waals surface area contributed by atoms with Gasteiger partial charge < -0.3 is 10.1 Å². The van der Waals surface area contributed by atoms with E-state index in [4.69, 9.17) is 4.74 Å². The minimum atomic E-state index is -0.431. The smallest absolute Gasteiger partial charge is 0.320 e. The van der Waals surface area contributed by atoms with Gasteiger partial charge in [-0.05, 0) is 39.3 Å². The van der Waals surface area contributed by atoms with E-state index in [1.807, 2.05) is 39.8 Å². The van der Waals surface area contributed by atoms with Crippen molar-refractivity contribution in [2.24, 2.45) is 0 Å². The second kappa shape index (κ2) is 5.77. The van der Waals surface area contributed by atoms with Gasteiger partial charge in [0, 0.05) is 12.7 Å². The average molecular weight is 236 g/mol. The van der Waals surface area contributed by atoms with Crippen LogP contribution in [0.15, 0.2) is 18.3 Å². The van der Waals surface area contributed by atoms with E-state index in [0.29, 0.717) is 6.54 Å². The van der Waals surface area contributed by atoms with E-state index in [1.165, 1.54) is 0 Å². The first-order valence-electron chi connectivity index (χ1n) is 5.71. The molecule has 0 amide bonds. The molecule has 0 bridgehead atoms. The van der Waals surface area contributed by atoms with E-state index < -0.39 is 5.60 Å². The maximum atomic E-state index is 11.4. The Balaban J connectivity index is 2.34. The van der Waals surface area contributed by atoms with Crippen molar-refractivity contribution in [2.45, 2.75) is 39.8 Å². The van der Waals surface area contributed by atoms with E-state index in [2.05, 4.69) is 10.3 Å². The van der Waals surface area contributed by atoms with Gasteiger partial charge in [-0.25, -0.2) is 0 Å². The van der Waals surface area contributed by atoms with E-state index in [9.17, 15) is 4.79 Å². The first-order chi connectivity index (χ1) is 7.88. The Kier molecular flexibility index (Phi) is 4.63. The Labute approximate surface area is 102 Å². The number of esters is 1. The van der Waals surface area contributed by atoms with Gasteiger partial charge in [-0.3, -0.25) is 9.78 Å². The van der Waals surface area contributed by atoms with Crippen molar-refractivity contribution >= 4 is 5.97 Å². The van der Waals surface area contributed by atoms with E-state index in [-0.39, 0.29) is 12.5 Å². The number of carbonyl (C=O) groups is 1. The molecule has 0 aliphatic carbocycles. The van der Waals surface area contributed by atoms with Gasteiger partial charge in [-0.1, -0.05) is 6.07 Å². The molecule has 0 atom stereocenters. The zero-order chi connectivity index (χ0) is 12.9. The first kappa shape index (κ1) is 13.6. The van der Waals surface area contributed by atoms with Crippen molar-refractivity contribution in [3.05, 3.63) is 29.6 Å². The number of aryl methyl sites for hydroxylation is 1. The third-order valence-electron chi connectivity index (χ3n) is 2.10. The summed E-state index contributed by atoms with van der Waals surface area (Å²) in [5, 5.41) is 3.03. The number of nitrogens with one attached hydrogen (secondary N) is 1. The number of rotatable bonds is 4. The summed E-state index contributed by atoms with van der Waals surface area (Å²) in [5.41, 5.74) is 1.64. The van der Waals surface area contributed by atoms with Crippen molar-refractivity contribution in [3.8, 4) is 0 Å². The van der Waals surface area contributed by atoms with Crippen molar-refractivity contribution in [1.29, 1.82) is 0 Å². The fourth-order valence-electron chi connectivity index (χ4n) is 1.36. The highest BCUT2D eigenvalue weighted by molar-refractivity contribution is 5.72. The summed E-state index contributed by atoms with van der Waals surface area (Å²) < 4.78 is 5.18. The predicted octanol–water partition coefficient (Wildman–Crippen LogP) is 1.82. The Bertz CT molecular complexity index is 383. The van der Waals surface area contributed by atoms with Crippen LogP contribution in [-0.2, 0) is 16.1 Å². The molecule has 1 N–H and O–H groups in total. The lowest BCUT2D eigenvalue weighted by molar-refractivity contribution is -0.153. The van der Waals surface area contributed by atoms with Gasteiger partial charge in [-0.15, -0.1) is 0 Å². The molecule has 0 unspecified atom stereocenters. The highest BCUT2D eigenvalue weighted by Gasteiger charge is 2.15. The Hall–Kier alpha value is -1.42. The molecule has 0 aliphatic rings. The maximum Gasteiger partial charge on any atom is 0.320 e. The molecule has 94 valence electrons. The Morgan fingerprint density at radius 2 is 2.18 bits per heavy atom. The van der Waals surface area contributed by atoms with Crippen LogP contribution in [0.25, 0.3) is 0 Å². The molecule has 0 aromatic carbocycles. The zero-order valence-electron chi connectivity index (χ0n) is 10.9. The summed E-state index contributed by atoms with van der Waals surface area (Å²) in [6.07, 6.45) is 1.75. The molecule has 1 aromatic heterocycles. The molecular formula is C13H20N2O2. The molecular weight excluding hydrogens is 216 g/mol. The van der Waals surface area contributed by atoms with Crippen molar-refractivity contribution < 1.29 is 9.53 Å². The van der Waals surface area contributed by atoms with E-state index in [0.717, 1.165) is 11.3 Å². The van der Waals surface area contributed by atoms with Crippen molar-refractivity contribution in [1.82, 2.24) is 10.3 Å². The highest BCUT2D eigenvalue weighted by Crippen LogP contribution is 2.06. The highest BCUT2D eigenvalue weighted by atomic mass is 16.6. The van der Waals surface area contributed by atoms with E-state index >= 15 is 0 Å². The van der Waals surface area contributed by atoms with Crippen molar-refractivity contribution in [2.75, 3.05) is 6.54 Å². The lowest BCUT2D eigenvalue weighted by Gasteiger charge is -2.19. The Morgan fingerprint density at radius 1 is 1.47 bits per heavy atom. The molecule has 17 heavy (non-hydrogen) atoms. The molecule has 0 aliphatic heterocycles. The zero-order valence-corrected chi connectivity index (χ0v) is 10.9. The third-order valence-corrected chi connectivity index (χ3v) is 2.10. The van der Waals surface area contributed by atoms with Crippen LogP contribution in [-0.4, -0.2) is 23.1 Å². The molecule has 0 radical (unpaired) electrons. The molecule has 0 spiro atoms. The molecule has 0 saturated heterocycles. The van der Waals surface area contributed by atoms with Gasteiger partial charge in [0.15, 0.2) is 0 Å². The van der Waals surface area contributed by atoms with E-state index in [1.54, 1.807) is 6.20 Å². The second-order valence-corrected chi connectivity index (χ2v) is 4.96. The maximum absolute atomic E-state index is 11.4. The average Bonchev–Trinajstić information content (AvgIpc) is 2.18. The van der Waals surface area contributed by atoms with Crippen LogP contribution in [0.3, 0.4) is 0 Å². The fraction of sp³-hybridized carbons (Fsp3) is 0.538. The lowest BCUT2D eigenvalue weighted by atomic mass is 10.2. The van der Waals surface area contributed by atoms with Crippen LogP contribution >= 0.6 is 0 Å². The molecule has 4 heteroatoms. The van der Waals surface area contributed by atoms with Crippen LogP contribution in [0.4, 0.5) is 0 Å². The van der Waals surface area contributed by atoms with Crippen LogP contribution in [0.2, 0.25) is 0 Å². The predicted molar refractivity (Wildman–Crippen MR) is 66.5 cm³/mol. The third kappa shape index (κ3) is 5.45. The van der Waals surface area contributed by atoms with Crippen LogP contribution in [0.5, 0.6) is 0 Å². The van der Waals surface area contributed by atoms with Gasteiger partial charge in [0.25, 0.3) is 0 Å². The van der Waals surface area contributed by atoms with Gasteiger partial charge in [0.05, 0.1) is 12.2 Å². The summed E-state index contributed by atoms with van der Waals surface area (Å²) in [5.74, 6) is -0.244. The normalized spacial score (nSPS) is 11.3. The Morgan fingerprint density at radius 3 is 2.76 bits per heavy atom. The van der Waals surface area contributed by atoms with Gasteiger partial charge in [-0.2, -0.15) is 0 Å². The lowest BCUT2D eigenvalue weighted by Crippen LogP contribution is -2.31. The number of ether oxygens (including phenoxy) is 1. The summed E-state index contributed by atoms with van der Waals surface area (Å²) in [6, 6.07) is 3.89. The summed E-state index contributed by atoms with van der Waals surface area (Å²) in [6.45, 7) is 8.34. The summed E-state index contributed by atoms with van der Waals surface area (Å²) in [4.78, 5) is 15.7. The first-order valence-corrected chi connectivity index (χ1v) is 5.71. The number of hydrogen-bond donors (Lipinski definition) is 1.